The Balaban J connectivity index is 1.02. The van der Waals surface area contributed by atoms with Crippen molar-refractivity contribution in [2.45, 2.75) is 56.2 Å². The first-order chi connectivity index (χ1) is 18.8. The first kappa shape index (κ1) is 24.6. The molecule has 6 heteroatoms. The number of nitrogens with one attached hydrogen (secondary N) is 1. The van der Waals surface area contributed by atoms with Crippen LogP contribution < -0.4 is 0 Å². The summed E-state index contributed by atoms with van der Waals surface area (Å²) in [5.74, 6) is 1.71. The van der Waals surface area contributed by atoms with Crippen molar-refractivity contribution >= 4 is 17.1 Å². The summed E-state index contributed by atoms with van der Waals surface area (Å²) in [5.41, 5.74) is 5.57. The molecule has 0 amide bonds. The van der Waals surface area contributed by atoms with Gasteiger partial charge in [0.05, 0.1) is 16.6 Å². The van der Waals surface area contributed by atoms with Gasteiger partial charge in [-0.25, -0.2) is 4.98 Å². The Labute approximate surface area is 226 Å². The summed E-state index contributed by atoms with van der Waals surface area (Å²) in [6, 6.07) is 21.6. The number of benzene rings is 3. The van der Waals surface area contributed by atoms with Crippen molar-refractivity contribution in [1.82, 2.24) is 14.9 Å². The number of H-pyrrole nitrogens is 1. The van der Waals surface area contributed by atoms with E-state index in [4.69, 9.17) is 0 Å². The third kappa shape index (κ3) is 4.20. The molecule has 3 nitrogen and oxygen atoms in total. The number of nitrogens with zero attached hydrogens (tertiary/aromatic N) is 2. The van der Waals surface area contributed by atoms with Gasteiger partial charge in [-0.05, 0) is 79.0 Å². The highest BCUT2D eigenvalue weighted by molar-refractivity contribution is 5.80. The van der Waals surface area contributed by atoms with Crippen molar-refractivity contribution in [3.8, 4) is 11.4 Å². The monoisotopic (exact) mass is 527 g/mol. The Kier molecular flexibility index (Phi) is 5.74. The molecule has 4 atom stereocenters. The van der Waals surface area contributed by atoms with E-state index >= 15 is 0 Å². The van der Waals surface area contributed by atoms with E-state index in [0.717, 1.165) is 30.8 Å². The highest BCUT2D eigenvalue weighted by Gasteiger charge is 2.45. The number of halogens is 3. The smallest absolute Gasteiger partial charge is 0.338 e. The maximum atomic E-state index is 13.1. The molecule has 0 radical (unpaired) electrons. The average molecular weight is 528 g/mol. The lowest BCUT2D eigenvalue weighted by atomic mass is 9.68. The molecule has 2 fully saturated rings. The molecule has 4 aromatic rings. The highest BCUT2D eigenvalue weighted by Crippen LogP contribution is 2.48. The molecule has 1 saturated heterocycles. The van der Waals surface area contributed by atoms with Crippen molar-refractivity contribution in [1.29, 1.82) is 0 Å². The van der Waals surface area contributed by atoms with E-state index in [2.05, 4.69) is 70.3 Å². The van der Waals surface area contributed by atoms with E-state index in [-0.39, 0.29) is 5.41 Å². The lowest BCUT2D eigenvalue weighted by Gasteiger charge is -2.46. The van der Waals surface area contributed by atoms with Gasteiger partial charge in [0.25, 0.3) is 0 Å². The summed E-state index contributed by atoms with van der Waals surface area (Å²) < 4.78 is 39.3. The molecule has 1 aliphatic heterocycles. The fourth-order valence-corrected chi connectivity index (χ4v) is 7.38. The summed E-state index contributed by atoms with van der Waals surface area (Å²) in [6.45, 7) is 4.70. The zero-order chi connectivity index (χ0) is 26.8. The van der Waals surface area contributed by atoms with Crippen molar-refractivity contribution in [3.05, 3.63) is 95.1 Å². The van der Waals surface area contributed by atoms with Crippen LogP contribution >= 0.6 is 0 Å². The lowest BCUT2D eigenvalue weighted by Crippen LogP contribution is -2.50. The summed E-state index contributed by atoms with van der Waals surface area (Å²) in [5, 5.41) is 0. The highest BCUT2D eigenvalue weighted by atomic mass is 19.4. The van der Waals surface area contributed by atoms with Crippen LogP contribution in [0, 0.1) is 5.92 Å². The van der Waals surface area contributed by atoms with Gasteiger partial charge in [-0.15, -0.1) is 0 Å². The van der Waals surface area contributed by atoms with Gasteiger partial charge in [0.1, 0.15) is 5.82 Å². The molecule has 3 aromatic carbocycles. The van der Waals surface area contributed by atoms with E-state index in [1.165, 1.54) is 48.4 Å². The number of aromatic nitrogens is 2. The van der Waals surface area contributed by atoms with Gasteiger partial charge < -0.3 is 9.88 Å². The van der Waals surface area contributed by atoms with Gasteiger partial charge in [-0.2, -0.15) is 13.2 Å². The quantitative estimate of drug-likeness (QED) is 0.291. The maximum absolute atomic E-state index is 13.1. The minimum absolute atomic E-state index is 0.186. The maximum Gasteiger partial charge on any atom is 0.416 e. The molecule has 1 N–H and O–H groups in total. The molecule has 2 aliphatic carbocycles. The fourth-order valence-electron chi connectivity index (χ4n) is 7.38. The molecule has 1 saturated carbocycles. The molecular formula is C33H32F3N3. The number of alkyl halides is 3. The molecular weight excluding hydrogens is 495 g/mol. The third-order valence-electron chi connectivity index (χ3n) is 9.61. The molecule has 2 heterocycles. The van der Waals surface area contributed by atoms with E-state index in [1.807, 2.05) is 12.1 Å². The molecule has 0 bridgehead atoms. The van der Waals surface area contributed by atoms with Crippen molar-refractivity contribution < 1.29 is 13.2 Å². The summed E-state index contributed by atoms with van der Waals surface area (Å²) >= 11 is 0. The minimum Gasteiger partial charge on any atom is -0.338 e. The molecule has 1 spiro atoms. The first-order valence-corrected chi connectivity index (χ1v) is 14.0. The number of aromatic amines is 1. The second-order valence-electron chi connectivity index (χ2n) is 11.7. The predicted octanol–water partition coefficient (Wildman–Crippen LogP) is 8.19. The number of piperidine rings is 1. The zero-order valence-electron chi connectivity index (χ0n) is 22.0. The molecule has 200 valence electrons. The van der Waals surface area contributed by atoms with Crippen LogP contribution in [0.3, 0.4) is 0 Å². The SMILES string of the molecule is C[C@H]1CN(C2CCC(c3ccc(-c4nc5ccc(C(F)(F)F)cc5[nH]4)cc3)C2)CCC12C=Cc1ccccc12. The minimum atomic E-state index is -4.37. The van der Waals surface area contributed by atoms with Gasteiger partial charge in [0, 0.05) is 23.6 Å². The van der Waals surface area contributed by atoms with Crippen molar-refractivity contribution in [3.63, 3.8) is 0 Å². The van der Waals surface area contributed by atoms with E-state index in [0.29, 0.717) is 34.7 Å². The van der Waals surface area contributed by atoms with Gasteiger partial charge in [0.2, 0.25) is 0 Å². The number of hydrogen-bond acceptors (Lipinski definition) is 2. The number of hydrogen-bond donors (Lipinski definition) is 1. The fraction of sp³-hybridized carbons (Fsp3) is 0.364. The summed E-state index contributed by atoms with van der Waals surface area (Å²) in [7, 11) is 0. The van der Waals surface area contributed by atoms with Crippen LogP contribution in [0.25, 0.3) is 28.5 Å². The van der Waals surface area contributed by atoms with Gasteiger partial charge >= 0.3 is 6.18 Å². The summed E-state index contributed by atoms with van der Waals surface area (Å²) in [4.78, 5) is 10.3. The number of allylic oxidation sites excluding steroid dienone is 1. The second-order valence-corrected chi connectivity index (χ2v) is 11.7. The van der Waals surface area contributed by atoms with Crippen LogP contribution in [0.15, 0.2) is 72.8 Å². The van der Waals surface area contributed by atoms with Crippen LogP contribution in [0.1, 0.15) is 60.8 Å². The van der Waals surface area contributed by atoms with Crippen LogP contribution in [-0.4, -0.2) is 34.0 Å². The molecule has 1 aromatic heterocycles. The first-order valence-electron chi connectivity index (χ1n) is 14.0. The van der Waals surface area contributed by atoms with E-state index in [1.54, 1.807) is 0 Å². The largest absolute Gasteiger partial charge is 0.416 e. The molecule has 7 rings (SSSR count). The number of likely N-dealkylation sites (tertiary alicyclic amines) is 1. The van der Waals surface area contributed by atoms with Gasteiger partial charge in [-0.1, -0.05) is 67.6 Å². The Morgan fingerprint density at radius 3 is 2.62 bits per heavy atom. The molecule has 3 aliphatic rings. The third-order valence-corrected chi connectivity index (χ3v) is 9.61. The van der Waals surface area contributed by atoms with Gasteiger partial charge in [0.15, 0.2) is 0 Å². The Morgan fingerprint density at radius 2 is 1.82 bits per heavy atom. The molecule has 3 unspecified atom stereocenters. The van der Waals surface area contributed by atoms with E-state index in [9.17, 15) is 13.2 Å². The van der Waals surface area contributed by atoms with Crippen LogP contribution in [0.2, 0.25) is 0 Å². The topological polar surface area (TPSA) is 31.9 Å². The standard InChI is InChI=1S/C33H32F3N3/c1-21-20-39(17-16-32(21)15-14-23-4-2-3-5-28(23)32)27-12-10-25(18-27)22-6-8-24(9-7-22)31-37-29-13-11-26(33(34,35)36)19-30(29)38-31/h2-9,11,13-15,19,21,25,27H,10,12,16-18,20H2,1H3,(H,37,38)/t21-,25?,27?,32?/m0/s1. The van der Waals surface area contributed by atoms with E-state index < -0.39 is 11.7 Å². The van der Waals surface area contributed by atoms with Crippen LogP contribution in [0.5, 0.6) is 0 Å². The lowest BCUT2D eigenvalue weighted by molar-refractivity contribution is -0.137. The number of rotatable bonds is 3. The van der Waals surface area contributed by atoms with Crippen molar-refractivity contribution in [2.24, 2.45) is 5.92 Å². The predicted molar refractivity (Wildman–Crippen MR) is 149 cm³/mol. The zero-order valence-corrected chi connectivity index (χ0v) is 22.0. The van der Waals surface area contributed by atoms with Crippen molar-refractivity contribution in [2.75, 3.05) is 13.1 Å². The van der Waals surface area contributed by atoms with Gasteiger partial charge in [-0.3, -0.25) is 0 Å². The number of fused-ring (bicyclic) bond motifs is 3. The number of imidazole rings is 1. The average Bonchev–Trinajstić information content (AvgIpc) is 3.68. The molecule has 39 heavy (non-hydrogen) atoms. The Bertz CT molecular complexity index is 1550. The Hall–Kier alpha value is -3.38. The summed E-state index contributed by atoms with van der Waals surface area (Å²) in [6.07, 6.45) is 5.19. The Morgan fingerprint density at radius 1 is 1.00 bits per heavy atom. The van der Waals surface area contributed by atoms with Crippen LogP contribution in [-0.2, 0) is 11.6 Å². The van der Waals surface area contributed by atoms with Crippen LogP contribution in [0.4, 0.5) is 13.2 Å². The normalized spacial score (nSPS) is 27.0. The second kappa shape index (κ2) is 9.09.